The SMILES string of the molecule is COC(=O)c1cccnc1NCCc1ccccn1. The highest BCUT2D eigenvalue weighted by Gasteiger charge is 2.11. The first-order chi connectivity index (χ1) is 9.31. The van der Waals surface area contributed by atoms with Crippen molar-refractivity contribution >= 4 is 11.8 Å². The van der Waals surface area contributed by atoms with Crippen molar-refractivity contribution in [3.8, 4) is 0 Å². The fourth-order valence-corrected chi connectivity index (χ4v) is 1.68. The van der Waals surface area contributed by atoms with Gasteiger partial charge in [-0.15, -0.1) is 0 Å². The van der Waals surface area contributed by atoms with Crippen LogP contribution in [0.2, 0.25) is 0 Å². The van der Waals surface area contributed by atoms with Crippen LogP contribution in [0.3, 0.4) is 0 Å². The van der Waals surface area contributed by atoms with Crippen LogP contribution >= 0.6 is 0 Å². The summed E-state index contributed by atoms with van der Waals surface area (Å²) in [6.45, 7) is 0.651. The molecule has 98 valence electrons. The molecule has 2 rings (SSSR count). The fourth-order valence-electron chi connectivity index (χ4n) is 1.68. The number of nitrogens with zero attached hydrogens (tertiary/aromatic N) is 2. The summed E-state index contributed by atoms with van der Waals surface area (Å²) >= 11 is 0. The van der Waals surface area contributed by atoms with Crippen molar-refractivity contribution in [2.45, 2.75) is 6.42 Å². The van der Waals surface area contributed by atoms with Crippen molar-refractivity contribution in [3.63, 3.8) is 0 Å². The lowest BCUT2D eigenvalue weighted by Crippen LogP contribution is -2.12. The van der Waals surface area contributed by atoms with Crippen LogP contribution in [0.25, 0.3) is 0 Å². The number of rotatable bonds is 5. The Bertz CT molecular complexity index is 543. The average molecular weight is 257 g/mol. The Morgan fingerprint density at radius 3 is 2.79 bits per heavy atom. The van der Waals surface area contributed by atoms with E-state index in [0.717, 1.165) is 12.1 Å². The number of esters is 1. The first-order valence-electron chi connectivity index (χ1n) is 5.98. The lowest BCUT2D eigenvalue weighted by Gasteiger charge is -2.08. The highest BCUT2D eigenvalue weighted by atomic mass is 16.5. The fraction of sp³-hybridized carbons (Fsp3) is 0.214. The van der Waals surface area contributed by atoms with Crippen molar-refractivity contribution in [3.05, 3.63) is 54.0 Å². The van der Waals surface area contributed by atoms with E-state index in [1.807, 2.05) is 18.2 Å². The molecule has 0 aliphatic carbocycles. The number of aromatic nitrogens is 2. The molecule has 0 unspecified atom stereocenters. The molecular weight excluding hydrogens is 242 g/mol. The third kappa shape index (κ3) is 3.51. The number of hydrogen-bond donors (Lipinski definition) is 1. The molecule has 2 heterocycles. The zero-order valence-electron chi connectivity index (χ0n) is 10.7. The Kier molecular flexibility index (Phi) is 4.44. The predicted octanol–water partition coefficient (Wildman–Crippen LogP) is 1.92. The normalized spacial score (nSPS) is 9.95. The molecule has 0 aliphatic heterocycles. The Morgan fingerprint density at radius 1 is 1.21 bits per heavy atom. The molecule has 0 saturated heterocycles. The topological polar surface area (TPSA) is 64.1 Å². The number of methoxy groups -OCH3 is 1. The summed E-state index contributed by atoms with van der Waals surface area (Å²) < 4.78 is 4.71. The smallest absolute Gasteiger partial charge is 0.341 e. The third-order valence-corrected chi connectivity index (χ3v) is 2.61. The van der Waals surface area contributed by atoms with Gasteiger partial charge < -0.3 is 10.1 Å². The molecule has 0 saturated carbocycles. The number of hydrogen-bond acceptors (Lipinski definition) is 5. The van der Waals surface area contributed by atoms with Crippen LogP contribution in [-0.2, 0) is 11.2 Å². The van der Waals surface area contributed by atoms with E-state index in [-0.39, 0.29) is 0 Å². The molecule has 2 aromatic rings. The van der Waals surface area contributed by atoms with Crippen molar-refractivity contribution < 1.29 is 9.53 Å². The van der Waals surface area contributed by atoms with Gasteiger partial charge in [-0.25, -0.2) is 9.78 Å². The van der Waals surface area contributed by atoms with Gasteiger partial charge in [0.2, 0.25) is 0 Å². The molecule has 0 fully saturated rings. The number of ether oxygens (including phenoxy) is 1. The first kappa shape index (κ1) is 13.0. The summed E-state index contributed by atoms with van der Waals surface area (Å²) in [4.78, 5) is 19.9. The van der Waals surface area contributed by atoms with Crippen molar-refractivity contribution in [2.24, 2.45) is 0 Å². The van der Waals surface area contributed by atoms with Crippen LogP contribution in [-0.4, -0.2) is 29.6 Å². The van der Waals surface area contributed by atoms with E-state index < -0.39 is 5.97 Å². The van der Waals surface area contributed by atoms with E-state index in [0.29, 0.717) is 17.9 Å². The summed E-state index contributed by atoms with van der Waals surface area (Å²) in [6.07, 6.45) is 4.16. The van der Waals surface area contributed by atoms with Crippen molar-refractivity contribution in [2.75, 3.05) is 19.0 Å². The molecule has 0 spiro atoms. The van der Waals surface area contributed by atoms with Gasteiger partial charge in [-0.3, -0.25) is 4.98 Å². The molecule has 2 aromatic heterocycles. The number of nitrogens with one attached hydrogen (secondary N) is 1. The van der Waals surface area contributed by atoms with E-state index in [1.54, 1.807) is 24.5 Å². The maximum absolute atomic E-state index is 11.6. The first-order valence-corrected chi connectivity index (χ1v) is 5.98. The van der Waals surface area contributed by atoms with Crippen LogP contribution in [0.5, 0.6) is 0 Å². The van der Waals surface area contributed by atoms with Crippen molar-refractivity contribution in [1.29, 1.82) is 0 Å². The lowest BCUT2D eigenvalue weighted by atomic mass is 10.2. The van der Waals surface area contributed by atoms with Crippen LogP contribution in [0.15, 0.2) is 42.7 Å². The third-order valence-electron chi connectivity index (χ3n) is 2.61. The quantitative estimate of drug-likeness (QED) is 0.829. The molecule has 5 nitrogen and oxygen atoms in total. The minimum Gasteiger partial charge on any atom is -0.465 e. The Hall–Kier alpha value is -2.43. The Balaban J connectivity index is 1.98. The summed E-state index contributed by atoms with van der Waals surface area (Å²) in [5.41, 5.74) is 1.43. The molecule has 0 aliphatic rings. The molecular formula is C14H15N3O2. The standard InChI is InChI=1S/C14H15N3O2/c1-19-14(18)12-6-4-9-16-13(12)17-10-7-11-5-2-3-8-15-11/h2-6,8-9H,7,10H2,1H3,(H,16,17). The Morgan fingerprint density at radius 2 is 2.05 bits per heavy atom. The van der Waals surface area contributed by atoms with Gasteiger partial charge in [0, 0.05) is 31.1 Å². The monoisotopic (exact) mass is 257 g/mol. The van der Waals surface area contributed by atoms with Gasteiger partial charge in [0.25, 0.3) is 0 Å². The average Bonchev–Trinajstić information content (AvgIpc) is 2.48. The second kappa shape index (κ2) is 6.49. The van der Waals surface area contributed by atoms with E-state index >= 15 is 0 Å². The molecule has 0 radical (unpaired) electrons. The van der Waals surface area contributed by atoms with Gasteiger partial charge >= 0.3 is 5.97 Å². The van der Waals surface area contributed by atoms with Gasteiger partial charge in [-0.1, -0.05) is 6.07 Å². The van der Waals surface area contributed by atoms with Crippen LogP contribution < -0.4 is 5.32 Å². The van der Waals surface area contributed by atoms with E-state index in [1.165, 1.54) is 7.11 Å². The molecule has 0 aromatic carbocycles. The molecule has 0 bridgehead atoms. The maximum Gasteiger partial charge on any atom is 0.341 e. The van der Waals surface area contributed by atoms with Gasteiger partial charge in [0.1, 0.15) is 11.4 Å². The summed E-state index contributed by atoms with van der Waals surface area (Å²) in [7, 11) is 1.35. The number of carbonyl (C=O) groups excluding carboxylic acids is 1. The van der Waals surface area contributed by atoms with E-state index in [2.05, 4.69) is 15.3 Å². The molecule has 19 heavy (non-hydrogen) atoms. The van der Waals surface area contributed by atoms with Gasteiger partial charge in [-0.05, 0) is 24.3 Å². The zero-order chi connectivity index (χ0) is 13.5. The minimum absolute atomic E-state index is 0.395. The second-order valence-corrected chi connectivity index (χ2v) is 3.89. The molecule has 5 heteroatoms. The summed E-state index contributed by atoms with van der Waals surface area (Å²) in [5.74, 6) is 0.138. The summed E-state index contributed by atoms with van der Waals surface area (Å²) in [5, 5.41) is 3.13. The van der Waals surface area contributed by atoms with Crippen LogP contribution in [0.4, 0.5) is 5.82 Å². The van der Waals surface area contributed by atoms with Crippen LogP contribution in [0.1, 0.15) is 16.1 Å². The Labute approximate surface area is 111 Å². The van der Waals surface area contributed by atoms with E-state index in [9.17, 15) is 4.79 Å². The maximum atomic E-state index is 11.6. The minimum atomic E-state index is -0.395. The summed E-state index contributed by atoms with van der Waals surface area (Å²) in [6, 6.07) is 9.17. The zero-order valence-corrected chi connectivity index (χ0v) is 10.7. The number of pyridine rings is 2. The molecule has 0 amide bonds. The van der Waals surface area contributed by atoms with Gasteiger partial charge in [0.15, 0.2) is 0 Å². The number of anilines is 1. The molecule has 1 N–H and O–H groups in total. The number of carbonyl (C=O) groups is 1. The highest BCUT2D eigenvalue weighted by Crippen LogP contribution is 2.12. The lowest BCUT2D eigenvalue weighted by molar-refractivity contribution is 0.0601. The van der Waals surface area contributed by atoms with Gasteiger partial charge in [0.05, 0.1) is 7.11 Å². The highest BCUT2D eigenvalue weighted by molar-refractivity contribution is 5.94. The molecule has 0 atom stereocenters. The predicted molar refractivity (Wildman–Crippen MR) is 72.0 cm³/mol. The van der Waals surface area contributed by atoms with Crippen LogP contribution in [0, 0.1) is 0 Å². The van der Waals surface area contributed by atoms with E-state index in [4.69, 9.17) is 4.74 Å². The largest absolute Gasteiger partial charge is 0.465 e. The van der Waals surface area contributed by atoms with Crippen molar-refractivity contribution in [1.82, 2.24) is 9.97 Å². The van der Waals surface area contributed by atoms with Gasteiger partial charge in [-0.2, -0.15) is 0 Å². The second-order valence-electron chi connectivity index (χ2n) is 3.89.